The third kappa shape index (κ3) is 2.24. The van der Waals surface area contributed by atoms with Crippen molar-refractivity contribution in [3.8, 4) is 17.4 Å². The van der Waals surface area contributed by atoms with Crippen molar-refractivity contribution in [2.75, 3.05) is 19.9 Å². The molecule has 3 aliphatic heterocycles. The summed E-state index contributed by atoms with van der Waals surface area (Å²) in [6.45, 7) is 2.02. The van der Waals surface area contributed by atoms with Gasteiger partial charge in [-0.05, 0) is 25.0 Å². The van der Waals surface area contributed by atoms with E-state index in [4.69, 9.17) is 18.9 Å². The van der Waals surface area contributed by atoms with Gasteiger partial charge in [0.2, 0.25) is 12.7 Å². The van der Waals surface area contributed by atoms with Gasteiger partial charge in [0.25, 0.3) is 0 Å². The van der Waals surface area contributed by atoms with Crippen molar-refractivity contribution in [1.29, 1.82) is 0 Å². The van der Waals surface area contributed by atoms with Crippen LogP contribution in [0.15, 0.2) is 18.2 Å². The molecule has 4 heterocycles. The van der Waals surface area contributed by atoms with E-state index in [9.17, 15) is 4.79 Å². The van der Waals surface area contributed by atoms with Crippen LogP contribution in [-0.4, -0.2) is 42.0 Å². The maximum atomic E-state index is 12.2. The Morgan fingerprint density at radius 3 is 2.92 bits per heavy atom. The van der Waals surface area contributed by atoms with E-state index >= 15 is 0 Å². The minimum atomic E-state index is -0.370. The third-order valence-electron chi connectivity index (χ3n) is 4.60. The second kappa shape index (κ2) is 5.24. The molecule has 124 valence electrons. The Kier molecular flexibility index (Phi) is 3.02. The predicted octanol–water partition coefficient (Wildman–Crippen LogP) is 2.46. The lowest BCUT2D eigenvalue weighted by Gasteiger charge is -2.29. The molecule has 1 fully saturated rings. The van der Waals surface area contributed by atoms with Gasteiger partial charge in [0.15, 0.2) is 11.5 Å². The summed E-state index contributed by atoms with van der Waals surface area (Å²) in [7, 11) is 0. The molecule has 1 unspecified atom stereocenters. The van der Waals surface area contributed by atoms with Crippen molar-refractivity contribution in [3.05, 3.63) is 23.8 Å². The van der Waals surface area contributed by atoms with Crippen molar-refractivity contribution >= 4 is 17.0 Å². The molecule has 0 saturated carbocycles. The Labute approximate surface area is 138 Å². The van der Waals surface area contributed by atoms with Gasteiger partial charge in [-0.1, -0.05) is 0 Å². The van der Waals surface area contributed by atoms with Crippen LogP contribution in [0, 0.1) is 0 Å². The van der Waals surface area contributed by atoms with Crippen LogP contribution < -0.4 is 14.2 Å². The van der Waals surface area contributed by atoms with Crippen LogP contribution >= 0.6 is 0 Å². The zero-order valence-electron chi connectivity index (χ0n) is 13.0. The Balaban J connectivity index is 1.48. The van der Waals surface area contributed by atoms with Gasteiger partial charge in [-0.2, -0.15) is 0 Å². The van der Waals surface area contributed by atoms with E-state index in [0.29, 0.717) is 30.5 Å². The highest BCUT2D eigenvalue weighted by Gasteiger charge is 2.30. The Morgan fingerprint density at radius 2 is 2.08 bits per heavy atom. The largest absolute Gasteiger partial charge is 0.454 e. The summed E-state index contributed by atoms with van der Waals surface area (Å²) >= 11 is 0. The average molecular weight is 328 g/mol. The van der Waals surface area contributed by atoms with Crippen molar-refractivity contribution in [2.45, 2.75) is 25.5 Å². The molecule has 1 amide bonds. The summed E-state index contributed by atoms with van der Waals surface area (Å²) in [6.07, 6.45) is 1.76. The minimum absolute atomic E-state index is 0.0985. The Bertz CT molecular complexity index is 831. The molecule has 5 rings (SSSR count). The first-order valence-electron chi connectivity index (χ1n) is 8.08. The van der Waals surface area contributed by atoms with Crippen LogP contribution in [0.25, 0.3) is 10.9 Å². The fourth-order valence-corrected chi connectivity index (χ4v) is 3.38. The van der Waals surface area contributed by atoms with Gasteiger partial charge in [-0.25, -0.2) is 9.78 Å². The number of pyridine rings is 1. The van der Waals surface area contributed by atoms with Crippen LogP contribution in [0.3, 0.4) is 0 Å². The van der Waals surface area contributed by atoms with Gasteiger partial charge in [0.1, 0.15) is 0 Å². The minimum Gasteiger partial charge on any atom is -0.454 e. The Hall–Kier alpha value is -2.54. The molecule has 1 atom stereocenters. The molecule has 0 spiro atoms. The number of carbonyl (C=O) groups excluding carboxylic acids is 1. The van der Waals surface area contributed by atoms with E-state index in [0.717, 1.165) is 35.9 Å². The number of hydrogen-bond donors (Lipinski definition) is 0. The second-order valence-corrected chi connectivity index (χ2v) is 6.23. The number of benzene rings is 1. The van der Waals surface area contributed by atoms with E-state index in [1.165, 1.54) is 0 Å². The van der Waals surface area contributed by atoms with Gasteiger partial charge in [-0.15, -0.1) is 0 Å². The summed E-state index contributed by atoms with van der Waals surface area (Å²) in [5.74, 6) is 1.75. The number of nitrogens with zero attached hydrogens (tertiary/aromatic N) is 2. The van der Waals surface area contributed by atoms with Crippen LogP contribution in [0.2, 0.25) is 0 Å². The molecule has 1 aromatic heterocycles. The van der Waals surface area contributed by atoms with Crippen molar-refractivity contribution in [2.24, 2.45) is 0 Å². The van der Waals surface area contributed by atoms with Gasteiger partial charge in [0, 0.05) is 23.6 Å². The zero-order chi connectivity index (χ0) is 16.1. The monoisotopic (exact) mass is 328 g/mol. The third-order valence-corrected chi connectivity index (χ3v) is 4.60. The molecule has 3 aliphatic rings. The summed E-state index contributed by atoms with van der Waals surface area (Å²) in [4.78, 5) is 18.4. The summed E-state index contributed by atoms with van der Waals surface area (Å²) in [6, 6.07) is 5.71. The predicted molar refractivity (Wildman–Crippen MR) is 83.3 cm³/mol. The highest BCUT2D eigenvalue weighted by molar-refractivity contribution is 5.85. The lowest BCUT2D eigenvalue weighted by Crippen LogP contribution is -2.41. The highest BCUT2D eigenvalue weighted by atomic mass is 16.7. The number of carbonyl (C=O) groups is 1. The molecule has 1 saturated heterocycles. The first-order valence-corrected chi connectivity index (χ1v) is 8.08. The maximum Gasteiger partial charge on any atom is 0.416 e. The smallest absolute Gasteiger partial charge is 0.416 e. The zero-order valence-corrected chi connectivity index (χ0v) is 13.0. The normalized spacial score (nSPS) is 21.9. The maximum absolute atomic E-state index is 12.2. The number of hydrogen-bond acceptors (Lipinski definition) is 6. The van der Waals surface area contributed by atoms with Gasteiger partial charge in [-0.3, -0.25) is 0 Å². The number of amides is 1. The molecule has 24 heavy (non-hydrogen) atoms. The van der Waals surface area contributed by atoms with E-state index in [1.54, 1.807) is 4.90 Å². The molecular formula is C17H16N2O5. The standard InChI is InChI=1S/C17H16N2O5/c20-17-19(8-12-2-1-3-21-12)7-11-4-10-5-14-15(23-9-22-14)6-13(10)18-16(11)24-17/h4-6,12H,1-3,7-9H2. The average Bonchev–Trinajstić information content (AvgIpc) is 3.23. The highest BCUT2D eigenvalue weighted by Crippen LogP contribution is 2.37. The van der Waals surface area contributed by atoms with Crippen LogP contribution in [0.1, 0.15) is 18.4 Å². The number of fused-ring (bicyclic) bond motifs is 3. The molecule has 0 N–H and O–H groups in total. The summed E-state index contributed by atoms with van der Waals surface area (Å²) in [5, 5.41) is 0.938. The fourth-order valence-electron chi connectivity index (χ4n) is 3.38. The van der Waals surface area contributed by atoms with Crippen LogP contribution in [0.5, 0.6) is 17.4 Å². The van der Waals surface area contributed by atoms with Crippen LogP contribution in [-0.2, 0) is 11.3 Å². The van der Waals surface area contributed by atoms with E-state index in [1.807, 2.05) is 18.2 Å². The summed E-state index contributed by atoms with van der Waals surface area (Å²) < 4.78 is 21.8. The van der Waals surface area contributed by atoms with Crippen LogP contribution in [0.4, 0.5) is 4.79 Å². The number of rotatable bonds is 2. The number of ether oxygens (including phenoxy) is 4. The quantitative estimate of drug-likeness (QED) is 0.843. The number of aromatic nitrogens is 1. The fraction of sp³-hybridized carbons (Fsp3) is 0.412. The second-order valence-electron chi connectivity index (χ2n) is 6.23. The van der Waals surface area contributed by atoms with E-state index in [-0.39, 0.29) is 19.0 Å². The summed E-state index contributed by atoms with van der Waals surface area (Å²) in [5.41, 5.74) is 1.61. The lowest BCUT2D eigenvalue weighted by molar-refractivity contribution is 0.0641. The molecule has 0 aliphatic carbocycles. The molecule has 1 aromatic carbocycles. The first kappa shape index (κ1) is 13.9. The van der Waals surface area contributed by atoms with Crippen molar-refractivity contribution < 1.29 is 23.7 Å². The molecule has 0 radical (unpaired) electrons. The van der Waals surface area contributed by atoms with E-state index < -0.39 is 0 Å². The van der Waals surface area contributed by atoms with E-state index in [2.05, 4.69) is 4.98 Å². The first-order chi connectivity index (χ1) is 11.8. The molecule has 7 heteroatoms. The molecule has 2 aromatic rings. The van der Waals surface area contributed by atoms with Crippen molar-refractivity contribution in [3.63, 3.8) is 0 Å². The lowest BCUT2D eigenvalue weighted by atomic mass is 10.1. The Morgan fingerprint density at radius 1 is 1.21 bits per heavy atom. The molecule has 0 bridgehead atoms. The van der Waals surface area contributed by atoms with Crippen molar-refractivity contribution in [1.82, 2.24) is 9.88 Å². The van der Waals surface area contributed by atoms with Gasteiger partial charge >= 0.3 is 6.09 Å². The van der Waals surface area contributed by atoms with Gasteiger partial charge < -0.3 is 23.8 Å². The topological polar surface area (TPSA) is 70.1 Å². The molecular weight excluding hydrogens is 312 g/mol. The SMILES string of the molecule is O=C1Oc2nc3cc4c(cc3cc2CN1CC1CCCO1)OCO4. The van der Waals surface area contributed by atoms with Gasteiger partial charge in [0.05, 0.1) is 24.7 Å². The molecule has 7 nitrogen and oxygen atoms in total.